The number of amides is 2. The lowest BCUT2D eigenvalue weighted by atomic mass is 10.2. The number of rotatable bonds is 5. The molecule has 0 bridgehead atoms. The zero-order valence-corrected chi connectivity index (χ0v) is 18.0. The number of nitrogens with zero attached hydrogens (tertiary/aromatic N) is 2. The van der Waals surface area contributed by atoms with Crippen LogP contribution in [0.2, 0.25) is 5.02 Å². The lowest BCUT2D eigenvalue weighted by Crippen LogP contribution is -2.16. The monoisotopic (exact) mass is 499 g/mol. The van der Waals surface area contributed by atoms with Crippen LogP contribution in [0.15, 0.2) is 59.7 Å². The molecule has 0 radical (unpaired) electrons. The molecule has 12 heteroatoms. The highest BCUT2D eigenvalue weighted by atomic mass is 35.5. The maximum atomic E-state index is 14.0. The Hall–Kier alpha value is -3.73. The highest BCUT2D eigenvalue weighted by Gasteiger charge is 2.31. The number of pyridine rings is 1. The Kier molecular flexibility index (Phi) is 7.67. The number of anilines is 1. The van der Waals surface area contributed by atoms with Crippen molar-refractivity contribution >= 4 is 29.2 Å². The molecule has 6 nitrogen and oxygen atoms in total. The summed E-state index contributed by atoms with van der Waals surface area (Å²) < 4.78 is 76.6. The van der Waals surface area contributed by atoms with E-state index in [4.69, 9.17) is 21.1 Å². The van der Waals surface area contributed by atoms with Crippen molar-refractivity contribution in [1.82, 2.24) is 4.98 Å². The number of carbonyl (C=O) groups excluding carboxylic acids is 1. The molecule has 2 aromatic carbocycles. The summed E-state index contributed by atoms with van der Waals surface area (Å²) in [6, 6.07) is 8.44. The van der Waals surface area contributed by atoms with Crippen LogP contribution in [-0.2, 0) is 10.9 Å². The number of aliphatic imine (C=N–C) groups is 1. The van der Waals surface area contributed by atoms with Gasteiger partial charge in [-0.1, -0.05) is 17.7 Å². The predicted octanol–water partition coefficient (Wildman–Crippen LogP) is 6.84. The molecule has 1 N–H and O–H groups in total. The molecular weight excluding hydrogens is 485 g/mol. The second-order valence-electron chi connectivity index (χ2n) is 6.51. The third-order valence-electron chi connectivity index (χ3n) is 4.12. The Morgan fingerprint density at radius 2 is 1.76 bits per heavy atom. The van der Waals surface area contributed by atoms with Crippen molar-refractivity contribution < 1.29 is 36.2 Å². The Bertz CT molecular complexity index is 1200. The van der Waals surface area contributed by atoms with Gasteiger partial charge in [-0.25, -0.2) is 18.6 Å². The fraction of sp³-hybridized carbons (Fsp3) is 0.136. The van der Waals surface area contributed by atoms with E-state index >= 15 is 0 Å². The van der Waals surface area contributed by atoms with Gasteiger partial charge in [0.1, 0.15) is 28.0 Å². The van der Waals surface area contributed by atoms with Gasteiger partial charge in [0.25, 0.3) is 0 Å². The fourth-order valence-electron chi connectivity index (χ4n) is 2.62. The first-order valence-corrected chi connectivity index (χ1v) is 9.93. The third-order valence-corrected chi connectivity index (χ3v) is 4.39. The maximum absolute atomic E-state index is 14.0. The highest BCUT2D eigenvalue weighted by Crippen LogP contribution is 2.34. The quantitative estimate of drug-likeness (QED) is 0.237. The van der Waals surface area contributed by atoms with Gasteiger partial charge in [-0.05, 0) is 49.4 Å². The minimum atomic E-state index is -4.60. The summed E-state index contributed by atoms with van der Waals surface area (Å²) >= 11 is 5.81. The van der Waals surface area contributed by atoms with E-state index in [-0.39, 0.29) is 28.9 Å². The minimum Gasteiger partial charge on any atom is -0.477 e. The summed E-state index contributed by atoms with van der Waals surface area (Å²) in [7, 11) is 0. The zero-order valence-electron chi connectivity index (χ0n) is 17.3. The van der Waals surface area contributed by atoms with Crippen molar-refractivity contribution in [3.8, 4) is 11.6 Å². The summed E-state index contributed by atoms with van der Waals surface area (Å²) in [6.45, 7) is 1.56. The standard InChI is InChI=1S/C22H15ClF5N3O3/c1-2-33-20(18-16(24)4-3-5-17(18)25)31-21(32)30-13-6-8-14(9-7-13)34-19-15(23)10-12(11-29-19)22(26,27)28/h3-11H,2H2,1H3,(H,30,32). The molecule has 0 saturated carbocycles. The van der Waals surface area contributed by atoms with Crippen LogP contribution in [0.3, 0.4) is 0 Å². The van der Waals surface area contributed by atoms with Gasteiger partial charge in [-0.2, -0.15) is 18.2 Å². The van der Waals surface area contributed by atoms with Crippen molar-refractivity contribution in [2.24, 2.45) is 4.99 Å². The van der Waals surface area contributed by atoms with Crippen LogP contribution < -0.4 is 10.1 Å². The van der Waals surface area contributed by atoms with E-state index < -0.39 is 40.9 Å². The van der Waals surface area contributed by atoms with Crippen molar-refractivity contribution in [3.63, 3.8) is 0 Å². The van der Waals surface area contributed by atoms with Crippen LogP contribution in [0.4, 0.5) is 32.4 Å². The Balaban J connectivity index is 1.72. The fourth-order valence-corrected chi connectivity index (χ4v) is 2.82. The molecule has 0 aliphatic rings. The number of aromatic nitrogens is 1. The molecule has 0 unspecified atom stereocenters. The van der Waals surface area contributed by atoms with E-state index in [2.05, 4.69) is 15.3 Å². The third kappa shape index (κ3) is 6.19. The SMILES string of the molecule is CCOC(=NC(=O)Nc1ccc(Oc2ncc(C(F)(F)F)cc2Cl)cc1)c1c(F)cccc1F. The lowest BCUT2D eigenvalue weighted by Gasteiger charge is -2.11. The van der Waals surface area contributed by atoms with E-state index in [9.17, 15) is 26.7 Å². The molecule has 0 atom stereocenters. The van der Waals surface area contributed by atoms with Crippen molar-refractivity contribution in [3.05, 3.63) is 82.5 Å². The normalized spacial score (nSPS) is 11.8. The molecule has 1 heterocycles. The number of carbonyl (C=O) groups is 1. The van der Waals surface area contributed by atoms with Crippen LogP contribution in [0, 0.1) is 11.6 Å². The van der Waals surface area contributed by atoms with Gasteiger partial charge in [-0.15, -0.1) is 0 Å². The Morgan fingerprint density at radius 1 is 1.12 bits per heavy atom. The van der Waals surface area contributed by atoms with E-state index in [0.29, 0.717) is 12.3 Å². The molecule has 0 saturated heterocycles. The number of urea groups is 1. The number of halogens is 6. The molecule has 1 aromatic heterocycles. The second-order valence-corrected chi connectivity index (χ2v) is 6.92. The first-order valence-electron chi connectivity index (χ1n) is 9.56. The first kappa shape index (κ1) is 24.9. The largest absolute Gasteiger partial charge is 0.477 e. The van der Waals surface area contributed by atoms with Crippen molar-refractivity contribution in [1.29, 1.82) is 0 Å². The summed E-state index contributed by atoms with van der Waals surface area (Å²) in [5, 5.41) is 2.05. The molecule has 2 amide bonds. The lowest BCUT2D eigenvalue weighted by molar-refractivity contribution is -0.137. The molecule has 0 fully saturated rings. The summed E-state index contributed by atoms with van der Waals surface area (Å²) in [6.07, 6.45) is -4.01. The van der Waals surface area contributed by atoms with Crippen LogP contribution in [0.1, 0.15) is 18.1 Å². The van der Waals surface area contributed by atoms with E-state index in [1.165, 1.54) is 24.3 Å². The predicted molar refractivity (Wildman–Crippen MR) is 114 cm³/mol. The van der Waals surface area contributed by atoms with E-state index in [1.54, 1.807) is 6.92 Å². The van der Waals surface area contributed by atoms with Gasteiger partial charge in [0.15, 0.2) is 0 Å². The van der Waals surface area contributed by atoms with Gasteiger partial charge >= 0.3 is 12.2 Å². The first-order chi connectivity index (χ1) is 16.1. The van der Waals surface area contributed by atoms with Crippen molar-refractivity contribution in [2.45, 2.75) is 13.1 Å². The molecule has 0 aliphatic carbocycles. The van der Waals surface area contributed by atoms with Gasteiger partial charge in [-0.3, -0.25) is 0 Å². The number of alkyl halides is 3. The van der Waals surface area contributed by atoms with Crippen molar-refractivity contribution in [2.75, 3.05) is 11.9 Å². The highest BCUT2D eigenvalue weighted by molar-refractivity contribution is 6.31. The molecule has 0 aliphatic heterocycles. The average molecular weight is 500 g/mol. The van der Waals surface area contributed by atoms with Gasteiger partial charge < -0.3 is 14.8 Å². The van der Waals surface area contributed by atoms with E-state index in [1.807, 2.05) is 0 Å². The molecular formula is C22H15ClF5N3O3. The maximum Gasteiger partial charge on any atom is 0.417 e. The number of hydrogen-bond acceptors (Lipinski definition) is 4. The minimum absolute atomic E-state index is 0.00642. The Morgan fingerprint density at radius 3 is 2.32 bits per heavy atom. The average Bonchev–Trinajstić information content (AvgIpc) is 2.75. The molecule has 0 spiro atoms. The summed E-state index contributed by atoms with van der Waals surface area (Å²) in [5.74, 6) is -2.50. The smallest absolute Gasteiger partial charge is 0.417 e. The molecule has 34 heavy (non-hydrogen) atoms. The molecule has 3 aromatic rings. The number of ether oxygens (including phenoxy) is 2. The van der Waals surface area contributed by atoms with Crippen LogP contribution in [0.5, 0.6) is 11.6 Å². The number of benzene rings is 2. The second kappa shape index (κ2) is 10.5. The van der Waals surface area contributed by atoms with E-state index in [0.717, 1.165) is 18.2 Å². The molecule has 178 valence electrons. The summed E-state index contributed by atoms with van der Waals surface area (Å²) in [5.41, 5.74) is -1.37. The number of hydrogen-bond donors (Lipinski definition) is 1. The topological polar surface area (TPSA) is 72.8 Å². The number of nitrogens with one attached hydrogen (secondary N) is 1. The van der Waals surface area contributed by atoms with Crippen LogP contribution >= 0.6 is 11.6 Å². The van der Waals surface area contributed by atoms with Gasteiger partial charge in [0.05, 0.1) is 12.2 Å². The van der Waals surface area contributed by atoms with Crippen LogP contribution in [-0.4, -0.2) is 23.5 Å². The summed E-state index contributed by atoms with van der Waals surface area (Å²) in [4.78, 5) is 19.4. The van der Waals surface area contributed by atoms with Gasteiger partial charge in [0.2, 0.25) is 11.8 Å². The Labute approximate surface area is 195 Å². The zero-order chi connectivity index (χ0) is 24.9. The van der Waals surface area contributed by atoms with Gasteiger partial charge in [0, 0.05) is 11.9 Å². The van der Waals surface area contributed by atoms with Crippen LogP contribution in [0.25, 0.3) is 0 Å². The molecule has 3 rings (SSSR count).